The van der Waals surface area contributed by atoms with Crippen molar-refractivity contribution in [2.24, 2.45) is 5.92 Å². The Bertz CT molecular complexity index is 1420. The molecule has 3 aromatic rings. The maximum atomic E-state index is 15.1. The molecule has 1 aliphatic carbocycles. The Morgan fingerprint density at radius 2 is 1.61 bits per heavy atom. The summed E-state index contributed by atoms with van der Waals surface area (Å²) in [6.07, 6.45) is 1.87. The van der Waals surface area contributed by atoms with Crippen LogP contribution < -0.4 is 14.2 Å². The zero-order valence-electron chi connectivity index (χ0n) is 20.8. The van der Waals surface area contributed by atoms with Gasteiger partial charge in [0.15, 0.2) is 40.4 Å². The van der Waals surface area contributed by atoms with Gasteiger partial charge in [-0.1, -0.05) is 30.3 Å². The molecule has 0 radical (unpaired) electrons. The molecular weight excluding hydrogens is 504 g/mol. The van der Waals surface area contributed by atoms with Gasteiger partial charge >= 0.3 is 0 Å². The molecule has 5 nitrogen and oxygen atoms in total. The van der Waals surface area contributed by atoms with Crippen LogP contribution in [0.2, 0.25) is 0 Å². The van der Waals surface area contributed by atoms with Crippen LogP contribution in [0.5, 0.6) is 17.2 Å². The minimum Gasteiger partial charge on any atom is -0.493 e. The summed E-state index contributed by atoms with van der Waals surface area (Å²) < 4.78 is 72.8. The molecule has 38 heavy (non-hydrogen) atoms. The van der Waals surface area contributed by atoms with E-state index in [1.165, 1.54) is 26.2 Å². The molecule has 2 atom stereocenters. The van der Waals surface area contributed by atoms with Gasteiger partial charge in [0.2, 0.25) is 5.82 Å². The maximum Gasteiger partial charge on any atom is 0.203 e. The molecule has 0 fully saturated rings. The SMILES string of the molecule is COc1c(OCC(C)=O)cccc1C1CC(c2ccc(F)cc2)=CC1C(=O)c1cc(F)c(F)c(OC)c1F. The number of para-hydroxylation sites is 1. The van der Waals surface area contributed by atoms with Gasteiger partial charge in [0.05, 0.1) is 19.8 Å². The van der Waals surface area contributed by atoms with E-state index >= 15 is 4.39 Å². The quantitative estimate of drug-likeness (QED) is 0.185. The Labute approximate surface area is 216 Å². The lowest BCUT2D eigenvalue weighted by molar-refractivity contribution is -0.118. The van der Waals surface area contributed by atoms with Crippen molar-refractivity contribution in [3.05, 3.63) is 94.6 Å². The monoisotopic (exact) mass is 528 g/mol. The molecule has 0 saturated carbocycles. The van der Waals surface area contributed by atoms with Crippen molar-refractivity contribution in [1.29, 1.82) is 0 Å². The number of hydrogen-bond donors (Lipinski definition) is 0. The number of allylic oxidation sites excluding steroid dienone is 2. The van der Waals surface area contributed by atoms with E-state index in [0.29, 0.717) is 22.8 Å². The van der Waals surface area contributed by atoms with Gasteiger partial charge in [-0.2, -0.15) is 4.39 Å². The Balaban J connectivity index is 1.84. The molecule has 0 bridgehead atoms. The van der Waals surface area contributed by atoms with Gasteiger partial charge in [-0.15, -0.1) is 0 Å². The van der Waals surface area contributed by atoms with E-state index in [1.54, 1.807) is 36.4 Å². The van der Waals surface area contributed by atoms with Crippen molar-refractivity contribution in [1.82, 2.24) is 0 Å². The second kappa shape index (κ2) is 11.1. The van der Waals surface area contributed by atoms with Gasteiger partial charge in [-0.3, -0.25) is 9.59 Å². The molecule has 0 N–H and O–H groups in total. The summed E-state index contributed by atoms with van der Waals surface area (Å²) in [5.74, 6) is -7.88. The number of halogens is 4. The molecule has 0 aliphatic heterocycles. The van der Waals surface area contributed by atoms with E-state index in [9.17, 15) is 22.8 Å². The van der Waals surface area contributed by atoms with Crippen molar-refractivity contribution in [2.75, 3.05) is 20.8 Å². The molecule has 198 valence electrons. The van der Waals surface area contributed by atoms with E-state index in [-0.39, 0.29) is 30.3 Å². The molecule has 3 aromatic carbocycles. The zero-order chi connectivity index (χ0) is 27.6. The fraction of sp³-hybridized carbons (Fsp3) is 0.241. The van der Waals surface area contributed by atoms with Gasteiger partial charge < -0.3 is 14.2 Å². The van der Waals surface area contributed by atoms with Crippen molar-refractivity contribution in [3.63, 3.8) is 0 Å². The number of Topliss-reactive ketones (excluding diaryl/α,β-unsaturated/α-hetero) is 2. The van der Waals surface area contributed by atoms with Crippen LogP contribution in [0, 0.1) is 29.2 Å². The Kier molecular flexibility index (Phi) is 7.85. The largest absolute Gasteiger partial charge is 0.493 e. The molecular formula is C29H24F4O5. The number of carbonyl (C=O) groups is 2. The lowest BCUT2D eigenvalue weighted by Gasteiger charge is -2.23. The highest BCUT2D eigenvalue weighted by Gasteiger charge is 2.39. The number of benzene rings is 3. The Morgan fingerprint density at radius 1 is 0.921 bits per heavy atom. The summed E-state index contributed by atoms with van der Waals surface area (Å²) in [6, 6.07) is 11.1. The van der Waals surface area contributed by atoms with E-state index in [1.807, 2.05) is 0 Å². The molecule has 0 amide bonds. The van der Waals surface area contributed by atoms with Crippen LogP contribution in [-0.2, 0) is 4.79 Å². The molecule has 4 rings (SSSR count). The fourth-order valence-corrected chi connectivity index (χ4v) is 4.66. The molecule has 9 heteroatoms. The topological polar surface area (TPSA) is 61.8 Å². The predicted molar refractivity (Wildman–Crippen MR) is 132 cm³/mol. The highest BCUT2D eigenvalue weighted by molar-refractivity contribution is 6.02. The average Bonchev–Trinajstić information content (AvgIpc) is 3.35. The number of carbonyl (C=O) groups excluding carboxylic acids is 2. The van der Waals surface area contributed by atoms with Crippen molar-refractivity contribution >= 4 is 17.1 Å². The fourth-order valence-electron chi connectivity index (χ4n) is 4.66. The molecule has 0 aromatic heterocycles. The van der Waals surface area contributed by atoms with E-state index < -0.39 is 52.2 Å². The highest BCUT2D eigenvalue weighted by atomic mass is 19.2. The lowest BCUT2D eigenvalue weighted by atomic mass is 9.82. The molecule has 0 spiro atoms. The van der Waals surface area contributed by atoms with Crippen LogP contribution in [0.1, 0.15) is 40.7 Å². The minimum atomic E-state index is -1.54. The second-order valence-electron chi connectivity index (χ2n) is 8.84. The van der Waals surface area contributed by atoms with Crippen LogP contribution in [0.3, 0.4) is 0 Å². The van der Waals surface area contributed by atoms with Crippen molar-refractivity contribution in [3.8, 4) is 17.2 Å². The number of ketones is 2. The first-order valence-corrected chi connectivity index (χ1v) is 11.7. The van der Waals surface area contributed by atoms with E-state index in [2.05, 4.69) is 4.74 Å². The highest BCUT2D eigenvalue weighted by Crippen LogP contribution is 2.49. The Morgan fingerprint density at radius 3 is 2.24 bits per heavy atom. The predicted octanol–water partition coefficient (Wildman–Crippen LogP) is 6.30. The van der Waals surface area contributed by atoms with Crippen LogP contribution in [-0.4, -0.2) is 32.4 Å². The lowest BCUT2D eigenvalue weighted by Crippen LogP contribution is -2.20. The maximum absolute atomic E-state index is 15.1. The average molecular weight is 528 g/mol. The first kappa shape index (κ1) is 26.9. The normalized spacial score (nSPS) is 16.7. The van der Waals surface area contributed by atoms with Gasteiger partial charge in [0, 0.05) is 17.4 Å². The molecule has 0 saturated heterocycles. The first-order chi connectivity index (χ1) is 18.2. The number of rotatable bonds is 9. The first-order valence-electron chi connectivity index (χ1n) is 11.7. The summed E-state index contributed by atoms with van der Waals surface area (Å²) in [5.41, 5.74) is 1.16. The van der Waals surface area contributed by atoms with E-state index in [4.69, 9.17) is 9.47 Å². The summed E-state index contributed by atoms with van der Waals surface area (Å²) in [5, 5.41) is 0. The third kappa shape index (κ3) is 5.14. The minimum absolute atomic E-state index is 0.203. The van der Waals surface area contributed by atoms with Crippen molar-refractivity contribution in [2.45, 2.75) is 19.3 Å². The smallest absolute Gasteiger partial charge is 0.203 e. The standard InChI is InChI=1S/C29H24F4O5/c1-15(34)14-38-24-6-4-5-19(28(24)36-2)20-11-17(16-7-9-18(30)10-8-16)12-21(20)27(35)22-13-23(31)26(33)29(37-3)25(22)32/h4-10,12-13,20-21H,11,14H2,1-3H3. The van der Waals surface area contributed by atoms with Gasteiger partial charge in [0.1, 0.15) is 12.4 Å². The van der Waals surface area contributed by atoms with Crippen LogP contribution >= 0.6 is 0 Å². The number of methoxy groups -OCH3 is 2. The van der Waals surface area contributed by atoms with E-state index in [0.717, 1.165) is 7.11 Å². The zero-order valence-corrected chi connectivity index (χ0v) is 20.8. The number of hydrogen-bond acceptors (Lipinski definition) is 5. The Hall–Kier alpha value is -4.14. The molecule has 1 aliphatic rings. The molecule has 2 unspecified atom stereocenters. The third-order valence-corrected chi connectivity index (χ3v) is 6.40. The second-order valence-corrected chi connectivity index (χ2v) is 8.84. The summed E-state index contributed by atoms with van der Waals surface area (Å²) in [4.78, 5) is 25.2. The third-order valence-electron chi connectivity index (χ3n) is 6.40. The summed E-state index contributed by atoms with van der Waals surface area (Å²) in [7, 11) is 2.37. The van der Waals surface area contributed by atoms with Crippen LogP contribution in [0.15, 0.2) is 54.6 Å². The number of ether oxygens (including phenoxy) is 3. The van der Waals surface area contributed by atoms with Crippen LogP contribution in [0.4, 0.5) is 17.6 Å². The van der Waals surface area contributed by atoms with Gasteiger partial charge in [-0.05, 0) is 48.7 Å². The van der Waals surface area contributed by atoms with Gasteiger partial charge in [0.25, 0.3) is 0 Å². The van der Waals surface area contributed by atoms with Gasteiger partial charge in [-0.25, -0.2) is 13.2 Å². The summed E-state index contributed by atoms with van der Waals surface area (Å²) >= 11 is 0. The molecule has 0 heterocycles. The summed E-state index contributed by atoms with van der Waals surface area (Å²) in [6.45, 7) is 1.16. The van der Waals surface area contributed by atoms with Crippen LogP contribution in [0.25, 0.3) is 5.57 Å². The van der Waals surface area contributed by atoms with Crippen molar-refractivity contribution < 1.29 is 41.4 Å².